The Labute approximate surface area is 298 Å². The topological polar surface area (TPSA) is 48.0 Å². The Hall–Kier alpha value is -2.40. The lowest BCUT2D eigenvalue weighted by Crippen LogP contribution is -2.45. The Kier molecular flexibility index (Phi) is 10.9. The Morgan fingerprint density at radius 3 is 1.70 bits per heavy atom. The molecule has 2 aromatic carbocycles. The van der Waals surface area contributed by atoms with Crippen molar-refractivity contribution in [1.29, 1.82) is 0 Å². The lowest BCUT2D eigenvalue weighted by Gasteiger charge is -2.42. The summed E-state index contributed by atoms with van der Waals surface area (Å²) in [7, 11) is -1.74. The van der Waals surface area contributed by atoms with Gasteiger partial charge in [0.1, 0.15) is 0 Å². The fourth-order valence-corrected chi connectivity index (χ4v) is 9.48. The smallest absolute Gasteiger partial charge is 0.192 e. The van der Waals surface area contributed by atoms with Crippen molar-refractivity contribution in [1.82, 2.24) is 9.13 Å². The van der Waals surface area contributed by atoms with Crippen LogP contribution >= 0.6 is 31.9 Å². The standard InChI is InChI=1S/C22H31BrN2OSi.C16H17BrN2O/c1-15-11-21-18(13-20(15)24-5)19(23)14-25(21)16-9-8-10-17(12-16)26-27(6,7)22(2,3)4;1-10-6-16-13(8-15(10)18-2)14(17)9-19(16)11-4-3-5-12(20)7-11/h11,13-14,16-17H,8-10,12H2,1-4,6-7H3;6,8-9,11-12,20H,3-5,7H2,1H3/t16-,17-;11-,12-/m11/s1. The maximum absolute atomic E-state index is 9.89. The Balaban J connectivity index is 0.000000193. The zero-order valence-electron chi connectivity index (χ0n) is 28.8. The summed E-state index contributed by atoms with van der Waals surface area (Å²) in [5, 5.41) is 12.4. The second-order valence-corrected chi connectivity index (χ2v) is 21.6. The molecule has 0 saturated heterocycles. The molecule has 4 aromatic rings. The van der Waals surface area contributed by atoms with Crippen molar-refractivity contribution in [3.8, 4) is 0 Å². The molecule has 2 heterocycles. The molecule has 2 fully saturated rings. The third-order valence-corrected chi connectivity index (χ3v) is 16.5. The number of aryl methyl sites for hydroxylation is 2. The molecule has 2 aliphatic rings. The van der Waals surface area contributed by atoms with E-state index in [-0.39, 0.29) is 11.1 Å². The maximum Gasteiger partial charge on any atom is 0.192 e. The van der Waals surface area contributed by atoms with Gasteiger partial charge in [-0.2, -0.15) is 0 Å². The van der Waals surface area contributed by atoms with E-state index in [2.05, 4.69) is 109 Å². The van der Waals surface area contributed by atoms with Crippen molar-refractivity contribution in [2.24, 2.45) is 0 Å². The Morgan fingerprint density at radius 1 is 0.787 bits per heavy atom. The van der Waals surface area contributed by atoms with Gasteiger partial charge < -0.3 is 18.7 Å². The second kappa shape index (κ2) is 14.2. The Bertz CT molecular complexity index is 1860. The molecule has 6 rings (SSSR count). The van der Waals surface area contributed by atoms with Crippen LogP contribution in [0.5, 0.6) is 0 Å². The first-order valence-electron chi connectivity index (χ1n) is 16.9. The van der Waals surface area contributed by atoms with E-state index in [9.17, 15) is 5.11 Å². The van der Waals surface area contributed by atoms with E-state index in [1.54, 1.807) is 0 Å². The van der Waals surface area contributed by atoms with Crippen molar-refractivity contribution in [3.63, 3.8) is 0 Å². The fraction of sp³-hybridized carbons (Fsp3) is 0.526. The number of hydrogen-bond acceptors (Lipinski definition) is 2. The van der Waals surface area contributed by atoms with Crippen LogP contribution in [0.3, 0.4) is 0 Å². The van der Waals surface area contributed by atoms with Gasteiger partial charge >= 0.3 is 0 Å². The number of fused-ring (bicyclic) bond motifs is 2. The van der Waals surface area contributed by atoms with Crippen LogP contribution in [0.15, 0.2) is 45.6 Å². The molecule has 2 saturated carbocycles. The van der Waals surface area contributed by atoms with Gasteiger partial charge in [-0.05, 0) is 151 Å². The number of rotatable bonds is 4. The van der Waals surface area contributed by atoms with E-state index < -0.39 is 8.32 Å². The highest BCUT2D eigenvalue weighted by molar-refractivity contribution is 9.11. The third kappa shape index (κ3) is 7.60. The van der Waals surface area contributed by atoms with Crippen LogP contribution in [-0.2, 0) is 4.43 Å². The minimum Gasteiger partial charge on any atom is -0.414 e. The van der Waals surface area contributed by atoms with E-state index in [0.717, 1.165) is 74.2 Å². The summed E-state index contributed by atoms with van der Waals surface area (Å²) in [5.41, 5.74) is 5.89. The minimum atomic E-state index is -1.74. The molecule has 250 valence electrons. The van der Waals surface area contributed by atoms with Gasteiger partial charge in [-0.25, -0.2) is 9.69 Å². The normalized spacial score (nSPS) is 22.0. The molecular formula is C38H48Br2N4O2Si. The lowest BCUT2D eigenvalue weighted by atomic mass is 9.92. The molecule has 47 heavy (non-hydrogen) atoms. The maximum atomic E-state index is 9.89. The van der Waals surface area contributed by atoms with E-state index >= 15 is 0 Å². The number of hydrogen-bond donors (Lipinski definition) is 1. The molecule has 0 aliphatic heterocycles. The van der Waals surface area contributed by atoms with Crippen LogP contribution in [0.25, 0.3) is 31.5 Å². The van der Waals surface area contributed by atoms with Crippen LogP contribution in [0.1, 0.15) is 95.3 Å². The van der Waals surface area contributed by atoms with E-state index in [1.165, 1.54) is 24.8 Å². The summed E-state index contributed by atoms with van der Waals surface area (Å²) in [6, 6.07) is 9.05. The quantitative estimate of drug-likeness (QED) is 0.166. The summed E-state index contributed by atoms with van der Waals surface area (Å²) in [5.74, 6) is 0. The van der Waals surface area contributed by atoms with Gasteiger partial charge in [-0.1, -0.05) is 20.8 Å². The summed E-state index contributed by atoms with van der Waals surface area (Å²) in [6.45, 7) is 30.3. The minimum absolute atomic E-state index is 0.186. The number of halogens is 2. The number of aliphatic hydroxyl groups is 1. The van der Waals surface area contributed by atoms with Crippen LogP contribution in [0, 0.1) is 27.0 Å². The first-order chi connectivity index (χ1) is 22.1. The van der Waals surface area contributed by atoms with Crippen molar-refractivity contribution in [3.05, 3.63) is 79.6 Å². The van der Waals surface area contributed by atoms with Crippen LogP contribution in [0.4, 0.5) is 11.4 Å². The molecule has 0 unspecified atom stereocenters. The third-order valence-electron chi connectivity index (χ3n) is 10.7. The number of benzene rings is 2. The highest BCUT2D eigenvalue weighted by Gasteiger charge is 2.40. The van der Waals surface area contributed by atoms with Crippen molar-refractivity contribution in [2.75, 3.05) is 0 Å². The average Bonchev–Trinajstić information content (AvgIpc) is 3.50. The molecule has 1 N–H and O–H groups in total. The molecule has 2 aromatic heterocycles. The van der Waals surface area contributed by atoms with Gasteiger partial charge in [0.15, 0.2) is 19.7 Å². The highest BCUT2D eigenvalue weighted by atomic mass is 79.9. The molecule has 0 bridgehead atoms. The zero-order chi connectivity index (χ0) is 34.3. The largest absolute Gasteiger partial charge is 0.414 e. The first kappa shape index (κ1) is 35.9. The van der Waals surface area contributed by atoms with Gasteiger partial charge in [0.05, 0.1) is 19.2 Å². The monoisotopic (exact) mass is 778 g/mol. The van der Waals surface area contributed by atoms with Gasteiger partial charge in [0, 0.05) is 61.3 Å². The fourth-order valence-electron chi connectivity index (χ4n) is 7.00. The molecule has 9 heteroatoms. The summed E-state index contributed by atoms with van der Waals surface area (Å²) < 4.78 is 13.5. The van der Waals surface area contributed by atoms with Crippen LogP contribution in [-0.4, -0.2) is 34.8 Å². The van der Waals surface area contributed by atoms with Crippen molar-refractivity contribution in [2.45, 2.75) is 128 Å². The van der Waals surface area contributed by atoms with Gasteiger partial charge in [0.25, 0.3) is 0 Å². The van der Waals surface area contributed by atoms with Gasteiger partial charge in [0.2, 0.25) is 0 Å². The molecular weight excluding hydrogens is 732 g/mol. The second-order valence-electron chi connectivity index (χ2n) is 15.1. The van der Waals surface area contributed by atoms with Gasteiger partial charge in [-0.3, -0.25) is 0 Å². The Morgan fingerprint density at radius 2 is 1.26 bits per heavy atom. The highest BCUT2D eigenvalue weighted by Crippen LogP contribution is 2.43. The SMILES string of the molecule is [C-]#[N+]c1cc2c(Br)cn([C@@H]3CCC[C@@H](O)C3)c2cc1C.[C-]#[N+]c1cc2c(Br)cn([C@@H]3CCC[C@@H](O[Si](C)(C)C(C)(C)C)C3)c2cc1C. The molecule has 2 aliphatic carbocycles. The predicted molar refractivity (Wildman–Crippen MR) is 204 cm³/mol. The van der Waals surface area contributed by atoms with Crippen molar-refractivity contribution < 1.29 is 9.53 Å². The molecule has 0 radical (unpaired) electrons. The summed E-state index contributed by atoms with van der Waals surface area (Å²) >= 11 is 7.32. The summed E-state index contributed by atoms with van der Waals surface area (Å²) in [6.07, 6.45) is 13.0. The number of aromatic nitrogens is 2. The molecule has 4 atom stereocenters. The van der Waals surface area contributed by atoms with Crippen LogP contribution in [0.2, 0.25) is 18.1 Å². The van der Waals surface area contributed by atoms with Crippen LogP contribution < -0.4 is 0 Å². The summed E-state index contributed by atoms with van der Waals surface area (Å²) in [4.78, 5) is 7.24. The molecule has 0 amide bonds. The number of nitrogens with zero attached hydrogens (tertiary/aromatic N) is 4. The number of aliphatic hydroxyl groups excluding tert-OH is 1. The van der Waals surface area contributed by atoms with E-state index in [1.807, 2.05) is 26.0 Å². The molecule has 6 nitrogen and oxygen atoms in total. The molecule has 0 spiro atoms. The first-order valence-corrected chi connectivity index (χ1v) is 21.3. The zero-order valence-corrected chi connectivity index (χ0v) is 33.0. The lowest BCUT2D eigenvalue weighted by molar-refractivity contribution is 0.105. The van der Waals surface area contributed by atoms with Crippen molar-refractivity contribution >= 4 is 73.4 Å². The van der Waals surface area contributed by atoms with Gasteiger partial charge in [-0.15, -0.1) is 0 Å². The van der Waals surface area contributed by atoms with E-state index in [0.29, 0.717) is 23.9 Å². The predicted octanol–water partition coefficient (Wildman–Crippen LogP) is 12.5. The average molecular weight is 781 g/mol. The van der Waals surface area contributed by atoms with E-state index in [4.69, 9.17) is 17.6 Å².